The van der Waals surface area contributed by atoms with Gasteiger partial charge in [0.15, 0.2) is 0 Å². The number of amides is 2. The van der Waals surface area contributed by atoms with Crippen LogP contribution < -0.4 is 10.2 Å². The predicted octanol–water partition coefficient (Wildman–Crippen LogP) is 3.13. The summed E-state index contributed by atoms with van der Waals surface area (Å²) in [5.74, 6) is 0.731. The Morgan fingerprint density at radius 2 is 1.93 bits per heavy atom. The van der Waals surface area contributed by atoms with Gasteiger partial charge >= 0.3 is 6.09 Å². The minimum absolute atomic E-state index is 0.0540. The van der Waals surface area contributed by atoms with Crippen LogP contribution in [0.1, 0.15) is 35.7 Å². The number of benzene rings is 1. The fourth-order valence-corrected chi connectivity index (χ4v) is 3.95. The van der Waals surface area contributed by atoms with Gasteiger partial charge in [0, 0.05) is 37.6 Å². The van der Waals surface area contributed by atoms with Crippen molar-refractivity contribution in [1.29, 1.82) is 0 Å². The van der Waals surface area contributed by atoms with Crippen molar-refractivity contribution >= 4 is 23.5 Å². The Bertz CT molecular complexity index is 876. The van der Waals surface area contributed by atoms with E-state index in [0.717, 1.165) is 31.6 Å². The number of rotatable bonds is 4. The number of nitrogens with one attached hydrogen (secondary N) is 1. The molecule has 2 aliphatic heterocycles. The van der Waals surface area contributed by atoms with Gasteiger partial charge in [-0.05, 0) is 49.9 Å². The van der Waals surface area contributed by atoms with Crippen LogP contribution in [0.5, 0.6) is 0 Å². The Morgan fingerprint density at radius 1 is 1.14 bits per heavy atom. The number of nitrogens with zero attached hydrogens (tertiary/aromatic N) is 3. The van der Waals surface area contributed by atoms with Crippen LogP contribution in [0.15, 0.2) is 42.6 Å². The molecule has 4 rings (SSSR count). The molecule has 152 valence electrons. The molecule has 7 nitrogen and oxygen atoms in total. The monoisotopic (exact) mass is 394 g/mol. The van der Waals surface area contributed by atoms with Crippen molar-refractivity contribution in [3.63, 3.8) is 0 Å². The number of hydrogen-bond donors (Lipinski definition) is 1. The Kier molecular flexibility index (Phi) is 5.64. The average Bonchev–Trinajstić information content (AvgIpc) is 3.19. The number of ether oxygens (including phenoxy) is 1. The first kappa shape index (κ1) is 19.2. The third kappa shape index (κ3) is 4.18. The first-order valence-corrected chi connectivity index (χ1v) is 10.2. The Morgan fingerprint density at radius 3 is 2.66 bits per heavy atom. The van der Waals surface area contributed by atoms with Gasteiger partial charge in [-0.15, -0.1) is 0 Å². The molecular formula is C22H26N4O3. The zero-order chi connectivity index (χ0) is 20.2. The van der Waals surface area contributed by atoms with E-state index in [1.807, 2.05) is 18.2 Å². The summed E-state index contributed by atoms with van der Waals surface area (Å²) in [6.07, 6.45) is 3.81. The summed E-state index contributed by atoms with van der Waals surface area (Å²) in [5, 5.41) is 3.06. The zero-order valence-corrected chi connectivity index (χ0v) is 16.6. The van der Waals surface area contributed by atoms with Crippen LogP contribution in [-0.4, -0.2) is 54.2 Å². The maximum Gasteiger partial charge on any atom is 0.409 e. The highest BCUT2D eigenvalue weighted by Gasteiger charge is 2.25. The van der Waals surface area contributed by atoms with Gasteiger partial charge in [-0.1, -0.05) is 18.2 Å². The van der Waals surface area contributed by atoms with Crippen molar-refractivity contribution in [3.05, 3.63) is 53.7 Å². The van der Waals surface area contributed by atoms with E-state index in [2.05, 4.69) is 33.4 Å². The molecule has 0 atom stereocenters. The Hall–Kier alpha value is -3.09. The van der Waals surface area contributed by atoms with Gasteiger partial charge < -0.3 is 19.9 Å². The van der Waals surface area contributed by atoms with Gasteiger partial charge in [0.25, 0.3) is 5.91 Å². The SMILES string of the molecule is CCOC(=O)N1CCC(NC(=O)c2ccc(N3CCc4ccccc43)nc2)CC1. The van der Waals surface area contributed by atoms with Crippen LogP contribution >= 0.6 is 0 Å². The second-order valence-electron chi connectivity index (χ2n) is 7.37. The van der Waals surface area contributed by atoms with Crippen molar-refractivity contribution in [3.8, 4) is 0 Å². The number of pyridine rings is 1. The van der Waals surface area contributed by atoms with E-state index in [0.29, 0.717) is 25.3 Å². The Labute approximate surface area is 170 Å². The summed E-state index contributed by atoms with van der Waals surface area (Å²) in [5.41, 5.74) is 3.06. The van der Waals surface area contributed by atoms with Crippen LogP contribution in [0.25, 0.3) is 0 Å². The smallest absolute Gasteiger partial charge is 0.409 e. The standard InChI is InChI=1S/C22H26N4O3/c1-2-29-22(28)25-12-10-18(11-13-25)24-21(27)17-7-8-20(23-15-17)26-14-9-16-5-3-4-6-19(16)26/h3-8,15,18H,2,9-14H2,1H3,(H,24,27). The number of fused-ring (bicyclic) bond motifs is 1. The van der Waals surface area contributed by atoms with Crippen LogP contribution in [0.4, 0.5) is 16.3 Å². The lowest BCUT2D eigenvalue weighted by atomic mass is 10.0. The third-order valence-electron chi connectivity index (χ3n) is 5.53. The molecule has 2 aromatic rings. The minimum atomic E-state index is -0.277. The molecule has 0 radical (unpaired) electrons. The Balaban J connectivity index is 1.33. The van der Waals surface area contributed by atoms with Crippen molar-refractivity contribution in [2.75, 3.05) is 31.1 Å². The third-order valence-corrected chi connectivity index (χ3v) is 5.53. The van der Waals surface area contributed by atoms with Crippen molar-refractivity contribution in [2.45, 2.75) is 32.2 Å². The highest BCUT2D eigenvalue weighted by molar-refractivity contribution is 5.94. The van der Waals surface area contributed by atoms with Gasteiger partial charge in [0.1, 0.15) is 5.82 Å². The second kappa shape index (κ2) is 8.51. The molecule has 1 saturated heterocycles. The summed E-state index contributed by atoms with van der Waals surface area (Å²) in [6.45, 7) is 4.26. The molecule has 0 saturated carbocycles. The normalized spacial score (nSPS) is 16.4. The predicted molar refractivity (Wildman–Crippen MR) is 110 cm³/mol. The lowest BCUT2D eigenvalue weighted by Gasteiger charge is -2.31. The van der Waals surface area contributed by atoms with E-state index < -0.39 is 0 Å². The number of piperidine rings is 1. The van der Waals surface area contributed by atoms with Gasteiger partial charge in [-0.25, -0.2) is 9.78 Å². The van der Waals surface area contributed by atoms with Crippen molar-refractivity contribution < 1.29 is 14.3 Å². The van der Waals surface area contributed by atoms with E-state index >= 15 is 0 Å². The van der Waals surface area contributed by atoms with Crippen LogP contribution in [0, 0.1) is 0 Å². The summed E-state index contributed by atoms with van der Waals surface area (Å²) in [4.78, 5) is 32.8. The fourth-order valence-electron chi connectivity index (χ4n) is 3.95. The van der Waals surface area contributed by atoms with E-state index in [1.165, 1.54) is 11.3 Å². The lowest BCUT2D eigenvalue weighted by molar-refractivity contribution is 0.0860. The molecular weight excluding hydrogens is 368 g/mol. The molecule has 3 heterocycles. The molecule has 1 N–H and O–H groups in total. The molecule has 2 amide bonds. The summed E-state index contributed by atoms with van der Waals surface area (Å²) >= 11 is 0. The van der Waals surface area contributed by atoms with E-state index in [1.54, 1.807) is 18.0 Å². The average molecular weight is 394 g/mol. The number of hydrogen-bond acceptors (Lipinski definition) is 5. The largest absolute Gasteiger partial charge is 0.450 e. The zero-order valence-electron chi connectivity index (χ0n) is 16.6. The first-order valence-electron chi connectivity index (χ1n) is 10.2. The lowest BCUT2D eigenvalue weighted by Crippen LogP contribution is -2.46. The first-order chi connectivity index (χ1) is 14.2. The maximum absolute atomic E-state index is 12.6. The fraction of sp³-hybridized carbons (Fsp3) is 0.409. The topological polar surface area (TPSA) is 74.8 Å². The van der Waals surface area contributed by atoms with Crippen molar-refractivity contribution in [2.24, 2.45) is 0 Å². The molecule has 1 fully saturated rings. The number of para-hydroxylation sites is 1. The molecule has 1 aromatic heterocycles. The van der Waals surface area contributed by atoms with Crippen LogP contribution in [0.2, 0.25) is 0 Å². The van der Waals surface area contributed by atoms with E-state index in [4.69, 9.17) is 4.74 Å². The summed E-state index contributed by atoms with van der Waals surface area (Å²) < 4.78 is 5.03. The number of aromatic nitrogens is 1. The maximum atomic E-state index is 12.6. The number of carbonyl (C=O) groups excluding carboxylic acids is 2. The minimum Gasteiger partial charge on any atom is -0.450 e. The van der Waals surface area contributed by atoms with Crippen molar-refractivity contribution in [1.82, 2.24) is 15.2 Å². The molecule has 0 spiro atoms. The molecule has 29 heavy (non-hydrogen) atoms. The highest BCUT2D eigenvalue weighted by Crippen LogP contribution is 2.32. The number of likely N-dealkylation sites (tertiary alicyclic amines) is 1. The quantitative estimate of drug-likeness (QED) is 0.862. The van der Waals surface area contributed by atoms with Crippen LogP contribution in [0.3, 0.4) is 0 Å². The number of carbonyl (C=O) groups is 2. The van der Waals surface area contributed by atoms with Gasteiger partial charge in [-0.2, -0.15) is 0 Å². The molecule has 0 aliphatic carbocycles. The number of anilines is 2. The van der Waals surface area contributed by atoms with E-state index in [9.17, 15) is 9.59 Å². The molecule has 0 bridgehead atoms. The molecule has 2 aliphatic rings. The van der Waals surface area contributed by atoms with Gasteiger partial charge in [0.2, 0.25) is 0 Å². The molecule has 0 unspecified atom stereocenters. The summed E-state index contributed by atoms with van der Waals surface area (Å²) in [6, 6.07) is 12.1. The van der Waals surface area contributed by atoms with Gasteiger partial charge in [-0.3, -0.25) is 4.79 Å². The van der Waals surface area contributed by atoms with E-state index in [-0.39, 0.29) is 18.0 Å². The molecule has 1 aromatic carbocycles. The van der Waals surface area contributed by atoms with Gasteiger partial charge in [0.05, 0.1) is 12.2 Å². The second-order valence-corrected chi connectivity index (χ2v) is 7.37. The highest BCUT2D eigenvalue weighted by atomic mass is 16.6. The molecule has 7 heteroatoms. The van der Waals surface area contributed by atoms with Crippen LogP contribution in [-0.2, 0) is 11.2 Å². The summed E-state index contributed by atoms with van der Waals surface area (Å²) in [7, 11) is 0.